The summed E-state index contributed by atoms with van der Waals surface area (Å²) in [6.07, 6.45) is 2.73. The Morgan fingerprint density at radius 3 is 2.30 bits per heavy atom. The van der Waals surface area contributed by atoms with Crippen molar-refractivity contribution in [3.8, 4) is 5.75 Å². The van der Waals surface area contributed by atoms with Crippen LogP contribution >= 0.6 is 0 Å². The average Bonchev–Trinajstić information content (AvgIpc) is 2.69. The Bertz CT molecular complexity index is 918. The predicted molar refractivity (Wildman–Crippen MR) is 97.1 cm³/mol. The third kappa shape index (κ3) is 5.00. The van der Waals surface area contributed by atoms with Crippen molar-refractivity contribution in [1.29, 1.82) is 0 Å². The molecule has 0 atom stereocenters. The van der Waals surface area contributed by atoms with Gasteiger partial charge in [0.1, 0.15) is 11.6 Å². The number of halogens is 1. The summed E-state index contributed by atoms with van der Waals surface area (Å²) < 4.78 is 49.5. The standard InChI is InChI=1S/C19H18FNO5S/c20-16-4-6-17(7-5-16)26-19(22)10-3-15-1-8-18(9-2-15)27(23,24)21-11-13-25-14-12-21/h1-10H,11-14H2/b10-3+. The molecule has 1 fully saturated rings. The van der Waals surface area contributed by atoms with E-state index in [-0.39, 0.29) is 10.6 Å². The van der Waals surface area contributed by atoms with Crippen molar-refractivity contribution in [3.05, 3.63) is 66.0 Å². The number of hydrogen-bond donors (Lipinski definition) is 0. The molecule has 8 heteroatoms. The molecule has 0 radical (unpaired) electrons. The molecule has 2 aromatic carbocycles. The number of rotatable bonds is 5. The van der Waals surface area contributed by atoms with Crippen molar-refractivity contribution >= 4 is 22.1 Å². The smallest absolute Gasteiger partial charge is 0.336 e. The van der Waals surface area contributed by atoms with Crippen molar-refractivity contribution in [2.24, 2.45) is 0 Å². The van der Waals surface area contributed by atoms with Crippen LogP contribution in [0.3, 0.4) is 0 Å². The van der Waals surface area contributed by atoms with Crippen molar-refractivity contribution in [2.45, 2.75) is 4.90 Å². The van der Waals surface area contributed by atoms with E-state index in [9.17, 15) is 17.6 Å². The lowest BCUT2D eigenvalue weighted by Gasteiger charge is -2.26. The summed E-state index contributed by atoms with van der Waals surface area (Å²) in [5.41, 5.74) is 0.645. The lowest BCUT2D eigenvalue weighted by Crippen LogP contribution is -2.40. The molecule has 0 bridgehead atoms. The number of benzene rings is 2. The summed E-state index contributed by atoms with van der Waals surface area (Å²) in [6.45, 7) is 1.44. The minimum absolute atomic E-state index is 0.190. The van der Waals surface area contributed by atoms with Crippen LogP contribution in [0.25, 0.3) is 6.08 Å². The van der Waals surface area contributed by atoms with Gasteiger partial charge in [0.25, 0.3) is 0 Å². The number of esters is 1. The average molecular weight is 391 g/mol. The number of carbonyl (C=O) groups is 1. The lowest BCUT2D eigenvalue weighted by molar-refractivity contribution is -0.128. The third-order valence-electron chi connectivity index (χ3n) is 3.93. The highest BCUT2D eigenvalue weighted by Gasteiger charge is 2.25. The number of carbonyl (C=O) groups excluding carboxylic acids is 1. The molecule has 0 saturated carbocycles. The molecule has 0 amide bonds. The summed E-state index contributed by atoms with van der Waals surface area (Å²) in [5.74, 6) is -0.804. The molecule has 1 saturated heterocycles. The SMILES string of the molecule is O=C(/C=C/c1ccc(S(=O)(=O)N2CCOCC2)cc1)Oc1ccc(F)cc1. The molecular weight excluding hydrogens is 373 g/mol. The molecule has 3 rings (SSSR count). The van der Waals surface area contributed by atoms with Gasteiger partial charge in [-0.15, -0.1) is 0 Å². The van der Waals surface area contributed by atoms with Crippen LogP contribution in [0, 0.1) is 5.82 Å². The zero-order valence-electron chi connectivity index (χ0n) is 14.4. The fourth-order valence-electron chi connectivity index (χ4n) is 2.50. The Kier molecular flexibility index (Phi) is 6.00. The summed E-state index contributed by atoms with van der Waals surface area (Å²) in [5, 5.41) is 0. The monoisotopic (exact) mass is 391 g/mol. The molecule has 1 aliphatic rings. The van der Waals surface area contributed by atoms with Crippen LogP contribution in [0.4, 0.5) is 4.39 Å². The molecule has 6 nitrogen and oxygen atoms in total. The minimum Gasteiger partial charge on any atom is -0.423 e. The summed E-state index contributed by atoms with van der Waals surface area (Å²) in [4.78, 5) is 12.0. The van der Waals surface area contributed by atoms with Gasteiger partial charge in [-0.1, -0.05) is 12.1 Å². The van der Waals surface area contributed by atoms with Crippen LogP contribution in [-0.2, 0) is 19.6 Å². The zero-order chi connectivity index (χ0) is 19.3. The van der Waals surface area contributed by atoms with E-state index < -0.39 is 21.8 Å². The van der Waals surface area contributed by atoms with Crippen molar-refractivity contribution in [3.63, 3.8) is 0 Å². The number of morpholine rings is 1. The molecule has 1 aliphatic heterocycles. The van der Waals surface area contributed by atoms with Crippen LogP contribution in [0.5, 0.6) is 5.75 Å². The first-order valence-corrected chi connectivity index (χ1v) is 9.72. The first-order chi connectivity index (χ1) is 12.9. The number of hydrogen-bond acceptors (Lipinski definition) is 5. The van der Waals surface area contributed by atoms with Crippen LogP contribution in [-0.4, -0.2) is 45.0 Å². The van der Waals surface area contributed by atoms with Crippen LogP contribution in [0.2, 0.25) is 0 Å². The van der Waals surface area contributed by atoms with Gasteiger partial charge in [-0.3, -0.25) is 0 Å². The van der Waals surface area contributed by atoms with E-state index in [0.717, 1.165) is 0 Å². The Labute approximate surface area is 156 Å². The van der Waals surface area contributed by atoms with E-state index >= 15 is 0 Å². The largest absolute Gasteiger partial charge is 0.423 e. The Morgan fingerprint density at radius 2 is 1.67 bits per heavy atom. The fraction of sp³-hybridized carbons (Fsp3) is 0.211. The van der Waals surface area contributed by atoms with Gasteiger partial charge < -0.3 is 9.47 Å². The topological polar surface area (TPSA) is 72.9 Å². The van der Waals surface area contributed by atoms with E-state index in [2.05, 4.69) is 0 Å². The molecule has 0 aromatic heterocycles. The minimum atomic E-state index is -3.55. The zero-order valence-corrected chi connectivity index (χ0v) is 15.2. The molecule has 27 heavy (non-hydrogen) atoms. The highest BCUT2D eigenvalue weighted by Crippen LogP contribution is 2.18. The summed E-state index contributed by atoms with van der Waals surface area (Å²) >= 11 is 0. The van der Waals surface area contributed by atoms with Gasteiger partial charge in [0.2, 0.25) is 10.0 Å². The molecule has 142 valence electrons. The van der Waals surface area contributed by atoms with Gasteiger partial charge in [0.05, 0.1) is 18.1 Å². The van der Waals surface area contributed by atoms with Crippen LogP contribution in [0.15, 0.2) is 59.5 Å². The first-order valence-electron chi connectivity index (χ1n) is 8.28. The van der Waals surface area contributed by atoms with Crippen molar-refractivity contribution in [2.75, 3.05) is 26.3 Å². The predicted octanol–water partition coefficient (Wildman–Crippen LogP) is 2.47. The molecule has 0 aliphatic carbocycles. The number of sulfonamides is 1. The maximum Gasteiger partial charge on any atom is 0.336 e. The van der Waals surface area contributed by atoms with E-state index in [0.29, 0.717) is 31.9 Å². The summed E-state index contributed by atoms with van der Waals surface area (Å²) in [6, 6.07) is 11.3. The molecule has 2 aromatic rings. The van der Waals surface area contributed by atoms with Gasteiger partial charge in [0.15, 0.2) is 0 Å². The Balaban J connectivity index is 1.63. The second kappa shape index (κ2) is 8.43. The third-order valence-corrected chi connectivity index (χ3v) is 5.84. The normalized spacial score (nSPS) is 15.7. The van der Waals surface area contributed by atoms with Gasteiger partial charge in [-0.05, 0) is 48.0 Å². The van der Waals surface area contributed by atoms with Gasteiger partial charge in [-0.25, -0.2) is 17.6 Å². The molecule has 0 unspecified atom stereocenters. The maximum absolute atomic E-state index is 12.8. The second-order valence-electron chi connectivity index (χ2n) is 5.79. The number of nitrogens with zero attached hydrogens (tertiary/aromatic N) is 1. The maximum atomic E-state index is 12.8. The van der Waals surface area contributed by atoms with E-state index in [1.165, 1.54) is 52.9 Å². The fourth-order valence-corrected chi connectivity index (χ4v) is 3.91. The van der Waals surface area contributed by atoms with E-state index in [1.807, 2.05) is 0 Å². The Morgan fingerprint density at radius 1 is 1.04 bits per heavy atom. The highest BCUT2D eigenvalue weighted by atomic mass is 32.2. The molecule has 0 spiro atoms. The van der Waals surface area contributed by atoms with Crippen LogP contribution < -0.4 is 4.74 Å². The lowest BCUT2D eigenvalue weighted by atomic mass is 10.2. The highest BCUT2D eigenvalue weighted by molar-refractivity contribution is 7.89. The van der Waals surface area contributed by atoms with Crippen molar-refractivity contribution < 1.29 is 27.1 Å². The Hall–Kier alpha value is -2.55. The number of ether oxygens (including phenoxy) is 2. The van der Waals surface area contributed by atoms with Crippen molar-refractivity contribution in [1.82, 2.24) is 4.31 Å². The van der Waals surface area contributed by atoms with Gasteiger partial charge in [-0.2, -0.15) is 4.31 Å². The summed E-state index contributed by atoms with van der Waals surface area (Å²) in [7, 11) is -3.55. The van der Waals surface area contributed by atoms with Crippen LogP contribution in [0.1, 0.15) is 5.56 Å². The molecular formula is C19H18FNO5S. The van der Waals surface area contributed by atoms with E-state index in [4.69, 9.17) is 9.47 Å². The van der Waals surface area contributed by atoms with Gasteiger partial charge >= 0.3 is 5.97 Å². The van der Waals surface area contributed by atoms with E-state index in [1.54, 1.807) is 12.1 Å². The second-order valence-corrected chi connectivity index (χ2v) is 7.73. The molecule has 1 heterocycles. The molecule has 0 N–H and O–H groups in total. The quantitative estimate of drug-likeness (QED) is 0.445. The first kappa shape index (κ1) is 19.2. The van der Waals surface area contributed by atoms with Gasteiger partial charge in [0, 0.05) is 19.2 Å².